The van der Waals surface area contributed by atoms with Gasteiger partial charge in [0.2, 0.25) is 5.95 Å². The number of hydrogen-bond acceptors (Lipinski definition) is 5. The van der Waals surface area contributed by atoms with Gasteiger partial charge in [0.15, 0.2) is 5.52 Å². The molecule has 1 aliphatic heterocycles. The quantitative estimate of drug-likeness (QED) is 0.686. The third kappa shape index (κ3) is 3.84. The van der Waals surface area contributed by atoms with Gasteiger partial charge in [0, 0.05) is 31.2 Å². The number of hydrogen-bond donors (Lipinski definition) is 1. The molecule has 4 rings (SSSR count). The second kappa shape index (κ2) is 8.46. The van der Waals surface area contributed by atoms with E-state index in [1.807, 2.05) is 28.8 Å². The molecule has 1 aromatic carbocycles. The van der Waals surface area contributed by atoms with E-state index in [1.165, 1.54) is 4.57 Å². The van der Waals surface area contributed by atoms with E-state index < -0.39 is 0 Å². The lowest BCUT2D eigenvalue weighted by molar-refractivity contribution is 0.495. The Labute approximate surface area is 179 Å². The summed E-state index contributed by atoms with van der Waals surface area (Å²) in [5.74, 6) is 0.692. The Balaban J connectivity index is 0.00000240. The average Bonchev–Trinajstić information content (AvgIpc) is 3.05. The third-order valence-corrected chi connectivity index (χ3v) is 5.64. The SMILES string of the molecule is Cl.Cn1c(C#N)cc2c(nc(N3CCC[C@@H](N)C3)n2Cc2ccccc2Cl)c1=O. The topological polar surface area (TPSA) is 92.9 Å². The number of nitrogens with two attached hydrogens (primary N) is 1. The van der Waals surface area contributed by atoms with E-state index in [4.69, 9.17) is 17.3 Å². The Morgan fingerprint density at radius 1 is 1.38 bits per heavy atom. The van der Waals surface area contributed by atoms with Crippen molar-refractivity contribution in [2.24, 2.45) is 12.8 Å². The van der Waals surface area contributed by atoms with Crippen molar-refractivity contribution in [2.75, 3.05) is 18.0 Å². The third-order valence-electron chi connectivity index (χ3n) is 5.27. The van der Waals surface area contributed by atoms with Gasteiger partial charge >= 0.3 is 0 Å². The minimum atomic E-state index is -0.283. The normalized spacial score (nSPS) is 16.5. The zero-order valence-corrected chi connectivity index (χ0v) is 17.6. The standard InChI is InChI=1S/C20H21ClN6O.ClH/c1-25-15(10-22)9-17-18(19(25)28)24-20(26-8-4-6-14(23)12-26)27(17)11-13-5-2-3-7-16(13)21;/h2-3,5,7,9,14H,4,6,8,11-12,23H2,1H3;1H/t14-;/m1./s1. The number of nitrogens with zero attached hydrogens (tertiary/aromatic N) is 5. The molecule has 1 atom stereocenters. The first-order valence-corrected chi connectivity index (χ1v) is 9.61. The largest absolute Gasteiger partial charge is 0.341 e. The van der Waals surface area contributed by atoms with E-state index in [0.29, 0.717) is 40.8 Å². The summed E-state index contributed by atoms with van der Waals surface area (Å²) in [6.07, 6.45) is 1.94. The van der Waals surface area contributed by atoms with Gasteiger partial charge in [0.25, 0.3) is 5.56 Å². The molecule has 1 aliphatic rings. The monoisotopic (exact) mass is 432 g/mol. The van der Waals surface area contributed by atoms with Crippen molar-refractivity contribution in [2.45, 2.75) is 25.4 Å². The molecule has 9 heteroatoms. The number of nitriles is 1. The fourth-order valence-electron chi connectivity index (χ4n) is 3.74. The lowest BCUT2D eigenvalue weighted by Crippen LogP contribution is -2.44. The molecule has 3 heterocycles. The summed E-state index contributed by atoms with van der Waals surface area (Å²) in [4.78, 5) is 19.6. The lowest BCUT2D eigenvalue weighted by atomic mass is 10.1. The van der Waals surface area contributed by atoms with Crippen molar-refractivity contribution in [3.05, 3.63) is 57.0 Å². The van der Waals surface area contributed by atoms with Crippen LogP contribution < -0.4 is 16.2 Å². The zero-order chi connectivity index (χ0) is 19.8. The van der Waals surface area contributed by atoms with Gasteiger partial charge in [-0.1, -0.05) is 29.8 Å². The molecule has 0 saturated carbocycles. The first kappa shape index (κ1) is 21.2. The molecule has 29 heavy (non-hydrogen) atoms. The molecule has 0 bridgehead atoms. The van der Waals surface area contributed by atoms with E-state index in [9.17, 15) is 10.1 Å². The Bertz CT molecular complexity index is 1150. The van der Waals surface area contributed by atoms with Gasteiger partial charge in [-0.25, -0.2) is 4.98 Å². The molecular formula is C20H22Cl2N6O. The van der Waals surface area contributed by atoms with Gasteiger partial charge in [0.05, 0.1) is 12.1 Å². The number of benzene rings is 1. The van der Waals surface area contributed by atoms with Crippen LogP contribution in [0, 0.1) is 11.3 Å². The van der Waals surface area contributed by atoms with Crippen LogP contribution in [0.15, 0.2) is 35.1 Å². The highest BCUT2D eigenvalue weighted by Crippen LogP contribution is 2.27. The maximum Gasteiger partial charge on any atom is 0.279 e. The predicted octanol–water partition coefficient (Wildman–Crippen LogP) is 2.66. The summed E-state index contributed by atoms with van der Waals surface area (Å²) in [5.41, 5.74) is 8.09. The van der Waals surface area contributed by atoms with Crippen LogP contribution in [0.2, 0.25) is 5.02 Å². The summed E-state index contributed by atoms with van der Waals surface area (Å²) in [7, 11) is 1.59. The first-order chi connectivity index (χ1) is 13.5. The van der Waals surface area contributed by atoms with Crippen LogP contribution in [0.4, 0.5) is 5.95 Å². The van der Waals surface area contributed by atoms with Crippen molar-refractivity contribution in [3.8, 4) is 6.07 Å². The Kier molecular flexibility index (Phi) is 6.18. The predicted molar refractivity (Wildman–Crippen MR) is 117 cm³/mol. The molecule has 3 aromatic rings. The minimum absolute atomic E-state index is 0. The molecule has 1 saturated heterocycles. The fraction of sp³-hybridized carbons (Fsp3) is 0.350. The van der Waals surface area contributed by atoms with Crippen LogP contribution >= 0.6 is 24.0 Å². The summed E-state index contributed by atoms with van der Waals surface area (Å²) < 4.78 is 3.30. The summed E-state index contributed by atoms with van der Waals surface area (Å²) >= 11 is 6.38. The van der Waals surface area contributed by atoms with E-state index in [2.05, 4.69) is 16.0 Å². The number of pyridine rings is 1. The van der Waals surface area contributed by atoms with Crippen molar-refractivity contribution < 1.29 is 0 Å². The fourth-order valence-corrected chi connectivity index (χ4v) is 3.94. The van der Waals surface area contributed by atoms with Crippen LogP contribution in [0.5, 0.6) is 0 Å². The van der Waals surface area contributed by atoms with Gasteiger partial charge in [-0.05, 0) is 30.5 Å². The number of halogens is 2. The number of aromatic nitrogens is 3. The van der Waals surface area contributed by atoms with Crippen molar-refractivity contribution >= 4 is 41.0 Å². The van der Waals surface area contributed by atoms with Gasteiger partial charge < -0.3 is 19.8 Å². The van der Waals surface area contributed by atoms with Crippen LogP contribution in [0.25, 0.3) is 11.0 Å². The Morgan fingerprint density at radius 3 is 2.83 bits per heavy atom. The first-order valence-electron chi connectivity index (χ1n) is 9.24. The second-order valence-electron chi connectivity index (χ2n) is 7.18. The molecular weight excluding hydrogens is 411 g/mol. The molecule has 0 amide bonds. The number of anilines is 1. The second-order valence-corrected chi connectivity index (χ2v) is 7.58. The molecule has 152 valence electrons. The maximum absolute atomic E-state index is 12.8. The molecule has 1 fully saturated rings. The van der Waals surface area contributed by atoms with Crippen molar-refractivity contribution in [3.63, 3.8) is 0 Å². The Hall–Kier alpha value is -2.53. The Morgan fingerprint density at radius 2 is 2.14 bits per heavy atom. The molecule has 2 N–H and O–H groups in total. The summed E-state index contributed by atoms with van der Waals surface area (Å²) in [5, 5.41) is 10.1. The van der Waals surface area contributed by atoms with Crippen LogP contribution in [-0.2, 0) is 13.6 Å². The summed E-state index contributed by atoms with van der Waals surface area (Å²) in [6.45, 7) is 1.96. The molecule has 0 radical (unpaired) electrons. The van der Waals surface area contributed by atoms with Gasteiger partial charge in [-0.2, -0.15) is 5.26 Å². The highest BCUT2D eigenvalue weighted by Gasteiger charge is 2.25. The summed E-state index contributed by atoms with van der Waals surface area (Å²) in [6, 6.07) is 11.5. The van der Waals surface area contributed by atoms with Gasteiger partial charge in [-0.15, -0.1) is 12.4 Å². The molecule has 0 aliphatic carbocycles. The lowest BCUT2D eigenvalue weighted by Gasteiger charge is -2.32. The number of fused-ring (bicyclic) bond motifs is 1. The maximum atomic E-state index is 12.8. The minimum Gasteiger partial charge on any atom is -0.341 e. The van der Waals surface area contributed by atoms with Crippen LogP contribution in [0.1, 0.15) is 24.1 Å². The van der Waals surface area contributed by atoms with Crippen LogP contribution in [-0.4, -0.2) is 33.2 Å². The smallest absolute Gasteiger partial charge is 0.279 e. The van der Waals surface area contributed by atoms with Gasteiger partial charge in [-0.3, -0.25) is 4.79 Å². The highest BCUT2D eigenvalue weighted by molar-refractivity contribution is 6.31. The molecule has 0 unspecified atom stereocenters. The zero-order valence-electron chi connectivity index (χ0n) is 16.0. The van der Waals surface area contributed by atoms with E-state index in [0.717, 1.165) is 24.9 Å². The van der Waals surface area contributed by atoms with E-state index in [-0.39, 0.29) is 24.0 Å². The van der Waals surface area contributed by atoms with E-state index in [1.54, 1.807) is 13.1 Å². The van der Waals surface area contributed by atoms with Gasteiger partial charge in [0.1, 0.15) is 11.8 Å². The number of piperidine rings is 1. The van der Waals surface area contributed by atoms with E-state index >= 15 is 0 Å². The average molecular weight is 433 g/mol. The number of imidazole rings is 1. The molecule has 7 nitrogen and oxygen atoms in total. The number of rotatable bonds is 3. The van der Waals surface area contributed by atoms with Crippen molar-refractivity contribution in [1.82, 2.24) is 14.1 Å². The highest BCUT2D eigenvalue weighted by atomic mass is 35.5. The molecule has 0 spiro atoms. The van der Waals surface area contributed by atoms with Crippen molar-refractivity contribution in [1.29, 1.82) is 5.26 Å². The van der Waals surface area contributed by atoms with Crippen LogP contribution in [0.3, 0.4) is 0 Å². The molecule has 2 aromatic heterocycles.